The average Bonchev–Trinajstić information content (AvgIpc) is 2.64. The van der Waals surface area contributed by atoms with Gasteiger partial charge in [0.1, 0.15) is 26.2 Å². The second-order valence-electron chi connectivity index (χ2n) is 8.96. The minimum absolute atomic E-state index is 0.197. The van der Waals surface area contributed by atoms with Crippen molar-refractivity contribution in [3.05, 3.63) is 47.5 Å². The van der Waals surface area contributed by atoms with Crippen LogP contribution in [0.4, 0.5) is 0 Å². The number of aromatic hydroxyl groups is 1. The van der Waals surface area contributed by atoms with Crippen LogP contribution >= 0.6 is 0 Å². The molecule has 2 aromatic carbocycles. The third kappa shape index (κ3) is 4.61. The maximum atomic E-state index is 10.3. The fourth-order valence-corrected chi connectivity index (χ4v) is 7.97. The van der Waals surface area contributed by atoms with Gasteiger partial charge in [0.25, 0.3) is 0 Å². The van der Waals surface area contributed by atoms with E-state index >= 15 is 0 Å². The highest BCUT2D eigenvalue weighted by atomic mass is 28.3. The van der Waals surface area contributed by atoms with Crippen LogP contribution in [0.5, 0.6) is 11.5 Å². The third-order valence-electron chi connectivity index (χ3n) is 6.08. The number of hydrogen-bond donors (Lipinski definition) is 2. The van der Waals surface area contributed by atoms with Crippen LogP contribution in [0.25, 0.3) is 0 Å². The Hall–Kier alpha value is -1.78. The molecule has 0 saturated carbocycles. The number of aliphatic hydroxyl groups is 1. The van der Waals surface area contributed by atoms with Crippen LogP contribution in [0, 0.1) is 19.3 Å². The lowest BCUT2D eigenvalue weighted by atomic mass is 9.90. The Bertz CT molecular complexity index is 804. The zero-order valence-electron chi connectivity index (χ0n) is 18.5. The van der Waals surface area contributed by atoms with E-state index in [4.69, 9.17) is 4.74 Å². The summed E-state index contributed by atoms with van der Waals surface area (Å²) in [5.74, 6) is 1.19. The first-order valence-electron chi connectivity index (χ1n) is 10.3. The molecule has 0 fully saturated rings. The predicted molar refractivity (Wildman–Crippen MR) is 121 cm³/mol. The van der Waals surface area contributed by atoms with Crippen molar-refractivity contribution in [3.8, 4) is 11.5 Å². The Morgan fingerprint density at radius 1 is 0.929 bits per heavy atom. The van der Waals surface area contributed by atoms with Gasteiger partial charge in [0, 0.05) is 0 Å². The van der Waals surface area contributed by atoms with Crippen molar-refractivity contribution < 1.29 is 14.9 Å². The van der Waals surface area contributed by atoms with Crippen LogP contribution in [0.2, 0.25) is 12.1 Å². The Kier molecular flexibility index (Phi) is 7.00. The zero-order valence-corrected chi connectivity index (χ0v) is 19.5. The summed E-state index contributed by atoms with van der Waals surface area (Å²) in [7, 11) is -1.90. The van der Waals surface area contributed by atoms with Crippen molar-refractivity contribution in [1.82, 2.24) is 0 Å². The number of phenolic OH excluding ortho intramolecular Hbond substituents is 1. The molecule has 154 valence electrons. The number of rotatable bonds is 7. The first kappa shape index (κ1) is 22.5. The van der Waals surface area contributed by atoms with Crippen molar-refractivity contribution in [2.45, 2.75) is 66.7 Å². The molecule has 2 aromatic rings. The molecule has 3 nitrogen and oxygen atoms in total. The Morgan fingerprint density at radius 2 is 1.46 bits per heavy atom. The summed E-state index contributed by atoms with van der Waals surface area (Å²) < 4.78 is 5.93. The molecule has 0 bridgehead atoms. The van der Waals surface area contributed by atoms with Gasteiger partial charge in [-0.05, 0) is 42.5 Å². The van der Waals surface area contributed by atoms with Crippen molar-refractivity contribution in [1.29, 1.82) is 0 Å². The summed E-state index contributed by atoms with van der Waals surface area (Å²) in [5.41, 5.74) is 1.84. The van der Waals surface area contributed by atoms with Gasteiger partial charge in [0.2, 0.25) is 0 Å². The Morgan fingerprint density at radius 3 is 1.93 bits per heavy atom. The topological polar surface area (TPSA) is 49.7 Å². The van der Waals surface area contributed by atoms with E-state index in [2.05, 4.69) is 51.1 Å². The summed E-state index contributed by atoms with van der Waals surface area (Å²) in [4.78, 5) is 0. The molecule has 2 rings (SSSR count). The highest BCUT2D eigenvalue weighted by molar-refractivity contribution is 7.02. The minimum Gasteiger partial charge on any atom is -0.508 e. The minimum atomic E-state index is -1.90. The van der Waals surface area contributed by atoms with Crippen LogP contribution in [0.1, 0.15) is 45.7 Å². The summed E-state index contributed by atoms with van der Waals surface area (Å²) >= 11 is 0. The van der Waals surface area contributed by atoms with Gasteiger partial charge < -0.3 is 14.9 Å². The quantitative estimate of drug-likeness (QED) is 0.678. The highest BCUT2D eigenvalue weighted by Gasteiger charge is 2.34. The zero-order chi connectivity index (χ0) is 21.1. The second kappa shape index (κ2) is 8.71. The van der Waals surface area contributed by atoms with Crippen molar-refractivity contribution >= 4 is 18.4 Å². The predicted octanol–water partition coefficient (Wildman–Crippen LogP) is 4.40. The summed E-state index contributed by atoms with van der Waals surface area (Å²) in [6.45, 7) is 14.9. The molecule has 0 amide bonds. The number of aryl methyl sites for hydroxylation is 2. The molecule has 1 atom stereocenters. The molecule has 2 N–H and O–H groups in total. The largest absolute Gasteiger partial charge is 0.508 e. The molecular formula is C24H36O3Si. The van der Waals surface area contributed by atoms with Crippen molar-refractivity contribution in [2.24, 2.45) is 5.41 Å². The molecule has 0 spiro atoms. The standard InChI is InChI=1S/C24H36O3Si/c1-8-28(9-2,19-10-12-21(25)17(3)14-19)20-11-13-22(18(4)15-20)27-16-23(26)24(5,6)7/h10-15,23,25-26H,8-9,16H2,1-7H3/t23-/m0/s1. The van der Waals surface area contributed by atoms with Crippen molar-refractivity contribution in [3.63, 3.8) is 0 Å². The number of aliphatic hydroxyl groups excluding tert-OH is 1. The Balaban J connectivity index is 2.36. The fraction of sp³-hybridized carbons (Fsp3) is 0.500. The molecule has 0 radical (unpaired) electrons. The summed E-state index contributed by atoms with van der Waals surface area (Å²) in [6.07, 6.45) is -0.508. The highest BCUT2D eigenvalue weighted by Crippen LogP contribution is 2.25. The van der Waals surface area contributed by atoms with Gasteiger partial charge in [0.15, 0.2) is 0 Å². The molecule has 4 heteroatoms. The van der Waals surface area contributed by atoms with Gasteiger partial charge in [-0.15, -0.1) is 0 Å². The molecule has 28 heavy (non-hydrogen) atoms. The van der Waals surface area contributed by atoms with E-state index < -0.39 is 14.2 Å². The van der Waals surface area contributed by atoms with Gasteiger partial charge in [-0.3, -0.25) is 0 Å². The van der Waals surface area contributed by atoms with Crippen LogP contribution in [-0.4, -0.2) is 31.0 Å². The monoisotopic (exact) mass is 400 g/mol. The fourth-order valence-electron chi connectivity index (χ4n) is 3.71. The number of benzene rings is 2. The number of phenols is 1. The lowest BCUT2D eigenvalue weighted by molar-refractivity contribution is 0.0216. The van der Waals surface area contributed by atoms with E-state index in [9.17, 15) is 10.2 Å². The van der Waals surface area contributed by atoms with Crippen LogP contribution in [0.15, 0.2) is 36.4 Å². The van der Waals surface area contributed by atoms with E-state index in [1.807, 2.05) is 33.8 Å². The number of hydrogen-bond acceptors (Lipinski definition) is 3. The lowest BCUT2D eigenvalue weighted by Gasteiger charge is -2.32. The van der Waals surface area contributed by atoms with Gasteiger partial charge >= 0.3 is 0 Å². The maximum absolute atomic E-state index is 10.3. The molecule has 0 aliphatic rings. The first-order valence-corrected chi connectivity index (χ1v) is 12.7. The van der Waals surface area contributed by atoms with Gasteiger partial charge in [0.05, 0.1) is 6.10 Å². The van der Waals surface area contributed by atoms with Gasteiger partial charge in [-0.2, -0.15) is 0 Å². The molecule has 0 saturated heterocycles. The van der Waals surface area contributed by atoms with Crippen molar-refractivity contribution in [2.75, 3.05) is 6.61 Å². The lowest BCUT2D eigenvalue weighted by Crippen LogP contribution is -2.57. The molecule has 0 unspecified atom stereocenters. The molecule has 0 aliphatic heterocycles. The smallest absolute Gasteiger partial charge is 0.122 e. The first-order chi connectivity index (χ1) is 13.0. The van der Waals surface area contributed by atoms with Gasteiger partial charge in [-0.1, -0.05) is 81.3 Å². The van der Waals surface area contributed by atoms with E-state index in [1.165, 1.54) is 10.4 Å². The summed E-state index contributed by atoms with van der Waals surface area (Å²) in [5, 5.41) is 23.0. The normalized spacial score (nSPS) is 13.4. The van der Waals surface area contributed by atoms with E-state index in [1.54, 1.807) is 0 Å². The van der Waals surface area contributed by atoms with Crippen LogP contribution < -0.4 is 15.1 Å². The third-order valence-corrected chi connectivity index (χ3v) is 11.3. The molecule has 0 heterocycles. The number of ether oxygens (including phenoxy) is 1. The van der Waals surface area contributed by atoms with Crippen LogP contribution in [-0.2, 0) is 0 Å². The SMILES string of the molecule is CC[Si](CC)(c1ccc(O)c(C)c1)c1ccc(OC[C@H](O)C(C)(C)C)c(C)c1. The van der Waals surface area contributed by atoms with E-state index in [0.717, 1.165) is 29.0 Å². The van der Waals surface area contributed by atoms with E-state index in [0.29, 0.717) is 12.4 Å². The van der Waals surface area contributed by atoms with Gasteiger partial charge in [-0.25, -0.2) is 0 Å². The molecule has 0 aromatic heterocycles. The molecule has 0 aliphatic carbocycles. The molecular weight excluding hydrogens is 364 g/mol. The Labute approximate surface area is 171 Å². The average molecular weight is 401 g/mol. The maximum Gasteiger partial charge on any atom is 0.122 e. The summed E-state index contributed by atoms with van der Waals surface area (Å²) in [6, 6.07) is 14.8. The second-order valence-corrected chi connectivity index (χ2v) is 13.7. The van der Waals surface area contributed by atoms with E-state index in [-0.39, 0.29) is 5.41 Å². The van der Waals surface area contributed by atoms with Crippen LogP contribution in [0.3, 0.4) is 0 Å².